The molecule has 0 aliphatic carbocycles. The van der Waals surface area contributed by atoms with Gasteiger partial charge in [0.2, 0.25) is 0 Å². The van der Waals surface area contributed by atoms with E-state index in [-0.39, 0.29) is 11.7 Å². The number of rotatable bonds is 6. The van der Waals surface area contributed by atoms with Gasteiger partial charge in [0.05, 0.1) is 11.0 Å². The summed E-state index contributed by atoms with van der Waals surface area (Å²) in [4.78, 5) is 10.3. The second-order valence-corrected chi connectivity index (χ2v) is 4.70. The van der Waals surface area contributed by atoms with Gasteiger partial charge in [-0.25, -0.2) is 0 Å². The predicted molar refractivity (Wildman–Crippen MR) is 81.7 cm³/mol. The van der Waals surface area contributed by atoms with Gasteiger partial charge in [-0.05, 0) is 37.2 Å². The van der Waals surface area contributed by atoms with Crippen molar-refractivity contribution >= 4 is 5.69 Å². The molecule has 0 amide bonds. The highest BCUT2D eigenvalue weighted by molar-refractivity contribution is 5.41. The standard InChI is InChI=1S/C16H18N2O3/c1-3-17-12(2)13-7-9-15(10-8-13)21-16-6-4-5-14(11-16)18(19)20/h4-12,17H,3H2,1-2H3. The minimum Gasteiger partial charge on any atom is -0.457 e. The Labute approximate surface area is 123 Å². The van der Waals surface area contributed by atoms with E-state index in [0.29, 0.717) is 11.5 Å². The molecular weight excluding hydrogens is 268 g/mol. The van der Waals surface area contributed by atoms with Crippen LogP contribution in [-0.4, -0.2) is 11.5 Å². The van der Waals surface area contributed by atoms with Crippen molar-refractivity contribution in [3.8, 4) is 11.5 Å². The van der Waals surface area contributed by atoms with Crippen LogP contribution in [0.1, 0.15) is 25.5 Å². The Morgan fingerprint density at radius 1 is 1.19 bits per heavy atom. The van der Waals surface area contributed by atoms with E-state index in [4.69, 9.17) is 4.74 Å². The highest BCUT2D eigenvalue weighted by Gasteiger charge is 2.08. The van der Waals surface area contributed by atoms with E-state index in [2.05, 4.69) is 19.2 Å². The van der Waals surface area contributed by atoms with Gasteiger partial charge in [-0.1, -0.05) is 25.1 Å². The zero-order chi connectivity index (χ0) is 15.2. The van der Waals surface area contributed by atoms with Gasteiger partial charge >= 0.3 is 0 Å². The molecule has 2 rings (SSSR count). The maximum absolute atomic E-state index is 10.7. The average Bonchev–Trinajstić information content (AvgIpc) is 2.48. The van der Waals surface area contributed by atoms with E-state index in [1.54, 1.807) is 12.1 Å². The Hall–Kier alpha value is -2.40. The fourth-order valence-electron chi connectivity index (χ4n) is 2.05. The van der Waals surface area contributed by atoms with Crippen molar-refractivity contribution in [3.63, 3.8) is 0 Å². The number of non-ortho nitro benzene ring substituents is 1. The minimum atomic E-state index is -0.436. The molecule has 1 unspecified atom stereocenters. The zero-order valence-electron chi connectivity index (χ0n) is 12.1. The summed E-state index contributed by atoms with van der Waals surface area (Å²) in [7, 11) is 0. The summed E-state index contributed by atoms with van der Waals surface area (Å²) in [5.41, 5.74) is 1.19. The van der Waals surface area contributed by atoms with Crippen LogP contribution in [0, 0.1) is 10.1 Å². The number of hydrogen-bond donors (Lipinski definition) is 1. The van der Waals surface area contributed by atoms with Crippen molar-refractivity contribution in [2.45, 2.75) is 19.9 Å². The van der Waals surface area contributed by atoms with E-state index < -0.39 is 4.92 Å². The van der Waals surface area contributed by atoms with Gasteiger partial charge in [-0.3, -0.25) is 10.1 Å². The van der Waals surface area contributed by atoms with Crippen molar-refractivity contribution in [1.82, 2.24) is 5.32 Å². The second kappa shape index (κ2) is 6.85. The Bertz CT molecular complexity index is 611. The Kier molecular flexibility index (Phi) is 4.90. The van der Waals surface area contributed by atoms with Gasteiger partial charge in [0.25, 0.3) is 5.69 Å². The molecule has 0 saturated carbocycles. The van der Waals surface area contributed by atoms with Gasteiger partial charge in [0, 0.05) is 12.1 Å². The number of nitrogens with zero attached hydrogens (tertiary/aromatic N) is 1. The molecule has 2 aromatic carbocycles. The summed E-state index contributed by atoms with van der Waals surface area (Å²) in [6, 6.07) is 14.1. The molecule has 0 bridgehead atoms. The molecule has 5 heteroatoms. The Morgan fingerprint density at radius 2 is 1.90 bits per heavy atom. The van der Waals surface area contributed by atoms with Crippen LogP contribution < -0.4 is 10.1 Å². The lowest BCUT2D eigenvalue weighted by atomic mass is 10.1. The molecule has 0 aliphatic rings. The van der Waals surface area contributed by atoms with Crippen LogP contribution in [0.3, 0.4) is 0 Å². The maximum Gasteiger partial charge on any atom is 0.273 e. The highest BCUT2D eigenvalue weighted by Crippen LogP contribution is 2.26. The molecule has 0 aromatic heterocycles. The van der Waals surface area contributed by atoms with E-state index in [0.717, 1.165) is 6.54 Å². The number of nitro benzene ring substituents is 1. The first-order valence-corrected chi connectivity index (χ1v) is 6.86. The molecule has 1 atom stereocenters. The van der Waals surface area contributed by atoms with E-state index in [1.807, 2.05) is 24.3 Å². The first-order valence-electron chi connectivity index (χ1n) is 6.86. The van der Waals surface area contributed by atoms with Crippen molar-refractivity contribution in [3.05, 3.63) is 64.2 Å². The summed E-state index contributed by atoms with van der Waals surface area (Å²) in [5.74, 6) is 1.11. The third kappa shape index (κ3) is 4.03. The molecule has 21 heavy (non-hydrogen) atoms. The molecule has 0 aliphatic heterocycles. The lowest BCUT2D eigenvalue weighted by Crippen LogP contribution is -2.17. The Balaban J connectivity index is 2.10. The van der Waals surface area contributed by atoms with Gasteiger partial charge in [-0.2, -0.15) is 0 Å². The van der Waals surface area contributed by atoms with Crippen molar-refractivity contribution in [1.29, 1.82) is 0 Å². The lowest BCUT2D eigenvalue weighted by molar-refractivity contribution is -0.384. The monoisotopic (exact) mass is 286 g/mol. The molecule has 110 valence electrons. The van der Waals surface area contributed by atoms with Gasteiger partial charge in [-0.15, -0.1) is 0 Å². The molecular formula is C16H18N2O3. The maximum atomic E-state index is 10.7. The van der Waals surface area contributed by atoms with Crippen molar-refractivity contribution in [2.75, 3.05) is 6.54 Å². The quantitative estimate of drug-likeness (QED) is 0.642. The second-order valence-electron chi connectivity index (χ2n) is 4.70. The predicted octanol–water partition coefficient (Wildman–Crippen LogP) is 4.06. The van der Waals surface area contributed by atoms with Crippen LogP contribution in [-0.2, 0) is 0 Å². The van der Waals surface area contributed by atoms with Gasteiger partial charge in [0.1, 0.15) is 11.5 Å². The summed E-state index contributed by atoms with van der Waals surface area (Å²) in [6.07, 6.45) is 0. The normalized spacial score (nSPS) is 11.9. The van der Waals surface area contributed by atoms with Crippen LogP contribution in [0.4, 0.5) is 5.69 Å². The van der Waals surface area contributed by atoms with Gasteiger partial charge < -0.3 is 10.1 Å². The van der Waals surface area contributed by atoms with Crippen LogP contribution >= 0.6 is 0 Å². The third-order valence-electron chi connectivity index (χ3n) is 3.15. The molecule has 0 spiro atoms. The number of ether oxygens (including phenoxy) is 1. The summed E-state index contributed by atoms with van der Waals surface area (Å²) in [6.45, 7) is 5.07. The van der Waals surface area contributed by atoms with Crippen LogP contribution in [0.5, 0.6) is 11.5 Å². The summed E-state index contributed by atoms with van der Waals surface area (Å²) in [5, 5.41) is 14.1. The molecule has 1 N–H and O–H groups in total. The lowest BCUT2D eigenvalue weighted by Gasteiger charge is -2.13. The van der Waals surface area contributed by atoms with Crippen LogP contribution in [0.25, 0.3) is 0 Å². The van der Waals surface area contributed by atoms with Crippen LogP contribution in [0.15, 0.2) is 48.5 Å². The SMILES string of the molecule is CCNC(C)c1ccc(Oc2cccc([N+](=O)[O-])c2)cc1. The zero-order valence-corrected chi connectivity index (χ0v) is 12.1. The summed E-state index contributed by atoms with van der Waals surface area (Å²) >= 11 is 0. The van der Waals surface area contributed by atoms with Gasteiger partial charge in [0.15, 0.2) is 0 Å². The van der Waals surface area contributed by atoms with E-state index >= 15 is 0 Å². The number of benzene rings is 2. The minimum absolute atomic E-state index is 0.0184. The van der Waals surface area contributed by atoms with Crippen molar-refractivity contribution < 1.29 is 9.66 Å². The molecule has 0 radical (unpaired) electrons. The fraction of sp³-hybridized carbons (Fsp3) is 0.250. The third-order valence-corrected chi connectivity index (χ3v) is 3.15. The van der Waals surface area contributed by atoms with E-state index in [1.165, 1.54) is 17.7 Å². The topological polar surface area (TPSA) is 64.4 Å². The molecule has 0 saturated heterocycles. The highest BCUT2D eigenvalue weighted by atomic mass is 16.6. The molecule has 2 aromatic rings. The van der Waals surface area contributed by atoms with Crippen LogP contribution in [0.2, 0.25) is 0 Å². The first-order chi connectivity index (χ1) is 10.1. The molecule has 5 nitrogen and oxygen atoms in total. The van der Waals surface area contributed by atoms with E-state index in [9.17, 15) is 10.1 Å². The molecule has 0 heterocycles. The largest absolute Gasteiger partial charge is 0.457 e. The first kappa shape index (κ1) is 15.0. The smallest absolute Gasteiger partial charge is 0.273 e. The Morgan fingerprint density at radius 3 is 2.52 bits per heavy atom. The van der Waals surface area contributed by atoms with Crippen molar-refractivity contribution in [2.24, 2.45) is 0 Å². The fourth-order valence-corrected chi connectivity index (χ4v) is 2.05. The average molecular weight is 286 g/mol. The number of nitro groups is 1. The number of nitrogens with one attached hydrogen (secondary N) is 1. The summed E-state index contributed by atoms with van der Waals surface area (Å²) < 4.78 is 5.64. The molecule has 0 fully saturated rings. The number of hydrogen-bond acceptors (Lipinski definition) is 4.